The summed E-state index contributed by atoms with van der Waals surface area (Å²) < 4.78 is 0. The molecule has 2 N–H and O–H groups in total. The zero-order valence-corrected chi connectivity index (χ0v) is 11.5. The highest BCUT2D eigenvalue weighted by molar-refractivity contribution is 5.31. The summed E-state index contributed by atoms with van der Waals surface area (Å²) in [6.07, 6.45) is 3.88. The number of aromatic nitrogens is 2. The minimum absolute atomic E-state index is 0.0977. The third-order valence-electron chi connectivity index (χ3n) is 3.51. The SMILES string of the molecule is Cc1cc(C(C)C)nc(NC2CCCCC2O)n1. The third-order valence-corrected chi connectivity index (χ3v) is 3.51. The number of nitrogens with zero attached hydrogens (tertiary/aromatic N) is 2. The van der Waals surface area contributed by atoms with Crippen molar-refractivity contribution in [2.45, 2.75) is 64.5 Å². The lowest BCUT2D eigenvalue weighted by molar-refractivity contribution is 0.116. The fraction of sp³-hybridized carbons (Fsp3) is 0.714. The molecule has 1 saturated carbocycles. The highest BCUT2D eigenvalue weighted by Crippen LogP contribution is 2.22. The topological polar surface area (TPSA) is 58.0 Å². The Labute approximate surface area is 109 Å². The van der Waals surface area contributed by atoms with Crippen LogP contribution in [0.4, 0.5) is 5.95 Å². The van der Waals surface area contributed by atoms with Crippen molar-refractivity contribution in [2.24, 2.45) is 0 Å². The first kappa shape index (κ1) is 13.3. The molecular formula is C14H23N3O. The molecule has 2 atom stereocenters. The van der Waals surface area contributed by atoms with E-state index >= 15 is 0 Å². The maximum Gasteiger partial charge on any atom is 0.223 e. The van der Waals surface area contributed by atoms with Crippen molar-refractivity contribution < 1.29 is 5.11 Å². The fourth-order valence-corrected chi connectivity index (χ4v) is 2.40. The van der Waals surface area contributed by atoms with Gasteiger partial charge in [0, 0.05) is 11.4 Å². The third kappa shape index (κ3) is 3.19. The number of anilines is 1. The summed E-state index contributed by atoms with van der Waals surface area (Å²) in [7, 11) is 0. The quantitative estimate of drug-likeness (QED) is 0.864. The van der Waals surface area contributed by atoms with E-state index in [0.29, 0.717) is 11.9 Å². The van der Waals surface area contributed by atoms with E-state index in [1.165, 1.54) is 0 Å². The summed E-state index contributed by atoms with van der Waals surface area (Å²) in [6.45, 7) is 6.23. The van der Waals surface area contributed by atoms with Gasteiger partial charge in [0.2, 0.25) is 5.95 Å². The molecule has 100 valence electrons. The Balaban J connectivity index is 2.12. The molecule has 0 amide bonds. The normalized spacial score (nSPS) is 24.3. The molecule has 18 heavy (non-hydrogen) atoms. The van der Waals surface area contributed by atoms with Crippen LogP contribution in [0.3, 0.4) is 0 Å². The van der Waals surface area contributed by atoms with Crippen LogP contribution in [0, 0.1) is 6.92 Å². The van der Waals surface area contributed by atoms with Gasteiger partial charge in [0.1, 0.15) is 0 Å². The van der Waals surface area contributed by atoms with Gasteiger partial charge in [0.15, 0.2) is 0 Å². The number of hydrogen-bond donors (Lipinski definition) is 2. The van der Waals surface area contributed by atoms with Crippen LogP contribution < -0.4 is 5.32 Å². The highest BCUT2D eigenvalue weighted by Gasteiger charge is 2.23. The number of aryl methyl sites for hydroxylation is 1. The fourth-order valence-electron chi connectivity index (χ4n) is 2.40. The largest absolute Gasteiger partial charge is 0.391 e. The van der Waals surface area contributed by atoms with E-state index in [4.69, 9.17) is 0 Å². The van der Waals surface area contributed by atoms with Crippen LogP contribution in [0.5, 0.6) is 0 Å². The smallest absolute Gasteiger partial charge is 0.223 e. The predicted molar refractivity (Wildman–Crippen MR) is 72.7 cm³/mol. The molecule has 0 aromatic carbocycles. The Kier molecular flexibility index (Phi) is 4.17. The van der Waals surface area contributed by atoms with Gasteiger partial charge < -0.3 is 10.4 Å². The first-order chi connectivity index (χ1) is 8.56. The van der Waals surface area contributed by atoms with E-state index in [9.17, 15) is 5.11 Å². The lowest BCUT2D eigenvalue weighted by Gasteiger charge is -2.28. The summed E-state index contributed by atoms with van der Waals surface area (Å²) in [5, 5.41) is 13.3. The highest BCUT2D eigenvalue weighted by atomic mass is 16.3. The van der Waals surface area contributed by atoms with Gasteiger partial charge in [-0.25, -0.2) is 9.97 Å². The maximum atomic E-state index is 9.96. The molecule has 1 fully saturated rings. The van der Waals surface area contributed by atoms with E-state index in [2.05, 4.69) is 29.1 Å². The van der Waals surface area contributed by atoms with E-state index in [1.54, 1.807) is 0 Å². The van der Waals surface area contributed by atoms with Crippen molar-refractivity contribution in [3.8, 4) is 0 Å². The van der Waals surface area contributed by atoms with Crippen molar-refractivity contribution in [3.63, 3.8) is 0 Å². The predicted octanol–water partition coefficient (Wildman–Crippen LogP) is 2.62. The zero-order chi connectivity index (χ0) is 13.1. The van der Waals surface area contributed by atoms with E-state index in [0.717, 1.165) is 37.1 Å². The molecule has 1 aliphatic rings. The molecule has 2 unspecified atom stereocenters. The van der Waals surface area contributed by atoms with Gasteiger partial charge in [-0.05, 0) is 31.7 Å². The molecule has 0 spiro atoms. The number of rotatable bonds is 3. The van der Waals surface area contributed by atoms with E-state index in [-0.39, 0.29) is 12.1 Å². The van der Waals surface area contributed by atoms with Gasteiger partial charge in [-0.2, -0.15) is 0 Å². The molecule has 2 rings (SSSR count). The molecular weight excluding hydrogens is 226 g/mol. The van der Waals surface area contributed by atoms with Crippen molar-refractivity contribution in [2.75, 3.05) is 5.32 Å². The lowest BCUT2D eigenvalue weighted by atomic mass is 9.93. The molecule has 0 bridgehead atoms. The monoisotopic (exact) mass is 249 g/mol. The number of nitrogens with one attached hydrogen (secondary N) is 1. The second kappa shape index (κ2) is 5.65. The van der Waals surface area contributed by atoms with Gasteiger partial charge in [-0.15, -0.1) is 0 Å². The van der Waals surface area contributed by atoms with E-state index in [1.807, 2.05) is 13.0 Å². The van der Waals surface area contributed by atoms with Crippen molar-refractivity contribution in [1.29, 1.82) is 0 Å². The molecule has 4 nitrogen and oxygen atoms in total. The Morgan fingerprint density at radius 2 is 2.00 bits per heavy atom. The second-order valence-electron chi connectivity index (χ2n) is 5.52. The minimum Gasteiger partial charge on any atom is -0.391 e. The van der Waals surface area contributed by atoms with Crippen molar-refractivity contribution >= 4 is 5.95 Å². The zero-order valence-electron chi connectivity index (χ0n) is 11.5. The van der Waals surface area contributed by atoms with E-state index < -0.39 is 0 Å². The first-order valence-corrected chi connectivity index (χ1v) is 6.86. The number of aliphatic hydroxyl groups excluding tert-OH is 1. The summed E-state index contributed by atoms with van der Waals surface area (Å²) in [5.41, 5.74) is 2.02. The first-order valence-electron chi connectivity index (χ1n) is 6.86. The van der Waals surface area contributed by atoms with Crippen LogP contribution >= 0.6 is 0 Å². The Hall–Kier alpha value is -1.16. The average molecular weight is 249 g/mol. The number of hydrogen-bond acceptors (Lipinski definition) is 4. The molecule has 1 aromatic heterocycles. The molecule has 0 saturated heterocycles. The summed E-state index contributed by atoms with van der Waals surface area (Å²) in [6, 6.07) is 2.12. The van der Waals surface area contributed by atoms with Crippen LogP contribution in [0.2, 0.25) is 0 Å². The van der Waals surface area contributed by atoms with Crippen LogP contribution in [0.15, 0.2) is 6.07 Å². The van der Waals surface area contributed by atoms with Crippen LogP contribution in [-0.2, 0) is 0 Å². The molecule has 1 aromatic rings. The van der Waals surface area contributed by atoms with Crippen molar-refractivity contribution in [1.82, 2.24) is 9.97 Å². The molecule has 0 radical (unpaired) electrons. The number of aliphatic hydroxyl groups is 1. The summed E-state index contributed by atoms with van der Waals surface area (Å²) in [5.74, 6) is 1.05. The van der Waals surface area contributed by atoms with Gasteiger partial charge >= 0.3 is 0 Å². The summed E-state index contributed by atoms with van der Waals surface area (Å²) >= 11 is 0. The van der Waals surface area contributed by atoms with Gasteiger partial charge in [0.25, 0.3) is 0 Å². The lowest BCUT2D eigenvalue weighted by Crippen LogP contribution is -2.37. The summed E-state index contributed by atoms with van der Waals surface area (Å²) in [4.78, 5) is 8.94. The Bertz CT molecular complexity index is 406. The standard InChI is InChI=1S/C14H23N3O/c1-9(2)12-8-10(3)15-14(17-12)16-11-6-4-5-7-13(11)18/h8-9,11,13,18H,4-7H2,1-3H3,(H,15,16,17). The Morgan fingerprint density at radius 3 is 2.67 bits per heavy atom. The van der Waals surface area contributed by atoms with Crippen molar-refractivity contribution in [3.05, 3.63) is 17.5 Å². The molecule has 1 heterocycles. The van der Waals surface area contributed by atoms with Crippen LogP contribution in [-0.4, -0.2) is 27.2 Å². The maximum absolute atomic E-state index is 9.96. The molecule has 4 heteroatoms. The van der Waals surface area contributed by atoms with Gasteiger partial charge in [-0.3, -0.25) is 0 Å². The molecule has 0 aliphatic heterocycles. The minimum atomic E-state index is -0.273. The molecule has 1 aliphatic carbocycles. The second-order valence-corrected chi connectivity index (χ2v) is 5.52. The van der Waals surface area contributed by atoms with Gasteiger partial charge in [-0.1, -0.05) is 26.7 Å². The van der Waals surface area contributed by atoms with Crippen LogP contribution in [0.25, 0.3) is 0 Å². The van der Waals surface area contributed by atoms with Gasteiger partial charge in [0.05, 0.1) is 12.1 Å². The Morgan fingerprint density at radius 1 is 1.28 bits per heavy atom. The average Bonchev–Trinajstić information content (AvgIpc) is 2.31. The van der Waals surface area contributed by atoms with Crippen LogP contribution in [0.1, 0.15) is 56.8 Å².